The molecule has 0 fully saturated rings. The van der Waals surface area contributed by atoms with E-state index in [1.165, 1.54) is 0 Å². The standard InChI is InChI=1S/C37H38N2O7/c1-24(44-21-26-13-5-3-6-14-26)33(35(40)38-34(36(41)42)25(2)45-22-27-15-7-4-8-16-27)39-37(43)46-23-32-30-19-11-9-17-28(30)29-18-10-12-20-31(29)32/h3-20,24-25,32-34H,21-23H2,1-2H3,(H,38,40)(H,39,43)(H,41,42)/t24-,25-,33+,34+/m0/s1. The molecule has 0 aromatic heterocycles. The number of benzene rings is 4. The van der Waals surface area contributed by atoms with Crippen LogP contribution in [0.2, 0.25) is 0 Å². The third kappa shape index (κ3) is 7.99. The van der Waals surface area contributed by atoms with E-state index < -0.39 is 42.3 Å². The fourth-order valence-corrected chi connectivity index (χ4v) is 5.58. The quantitative estimate of drug-likeness (QED) is 0.166. The van der Waals surface area contributed by atoms with Crippen LogP contribution >= 0.6 is 0 Å². The fraction of sp³-hybridized carbons (Fsp3) is 0.270. The molecule has 1 aliphatic rings. The van der Waals surface area contributed by atoms with Crippen molar-refractivity contribution in [3.05, 3.63) is 131 Å². The first-order chi connectivity index (χ1) is 22.3. The van der Waals surface area contributed by atoms with Crippen molar-refractivity contribution in [2.75, 3.05) is 6.61 Å². The van der Waals surface area contributed by atoms with E-state index in [1.54, 1.807) is 13.8 Å². The van der Waals surface area contributed by atoms with E-state index >= 15 is 0 Å². The maximum Gasteiger partial charge on any atom is 0.407 e. The minimum Gasteiger partial charge on any atom is -0.480 e. The molecule has 4 aromatic carbocycles. The third-order valence-corrected chi connectivity index (χ3v) is 8.11. The van der Waals surface area contributed by atoms with Crippen molar-refractivity contribution in [1.82, 2.24) is 10.6 Å². The van der Waals surface area contributed by atoms with Crippen LogP contribution in [0.15, 0.2) is 109 Å². The number of carbonyl (C=O) groups excluding carboxylic acids is 2. The molecule has 1 aliphatic carbocycles. The van der Waals surface area contributed by atoms with Crippen molar-refractivity contribution in [2.24, 2.45) is 0 Å². The molecular weight excluding hydrogens is 584 g/mol. The summed E-state index contributed by atoms with van der Waals surface area (Å²) in [6.45, 7) is 3.61. The Labute approximate surface area is 268 Å². The number of hydrogen-bond acceptors (Lipinski definition) is 6. The Morgan fingerprint density at radius 2 is 1.11 bits per heavy atom. The van der Waals surface area contributed by atoms with Crippen molar-refractivity contribution in [3.8, 4) is 11.1 Å². The number of amides is 2. The van der Waals surface area contributed by atoms with Crippen LogP contribution in [-0.4, -0.2) is 54.0 Å². The summed E-state index contributed by atoms with van der Waals surface area (Å²) >= 11 is 0. The van der Waals surface area contributed by atoms with E-state index in [2.05, 4.69) is 10.6 Å². The van der Waals surface area contributed by atoms with Gasteiger partial charge in [-0.05, 0) is 47.2 Å². The zero-order valence-corrected chi connectivity index (χ0v) is 25.8. The Morgan fingerprint density at radius 1 is 0.652 bits per heavy atom. The molecule has 0 heterocycles. The van der Waals surface area contributed by atoms with E-state index in [0.717, 1.165) is 33.4 Å². The van der Waals surface area contributed by atoms with Crippen LogP contribution in [0.3, 0.4) is 0 Å². The van der Waals surface area contributed by atoms with Gasteiger partial charge in [0, 0.05) is 5.92 Å². The zero-order valence-electron chi connectivity index (χ0n) is 25.8. The van der Waals surface area contributed by atoms with Crippen molar-refractivity contribution in [3.63, 3.8) is 0 Å². The highest BCUT2D eigenvalue weighted by molar-refractivity contribution is 5.90. The molecule has 2 amide bonds. The topological polar surface area (TPSA) is 123 Å². The number of ether oxygens (including phenoxy) is 3. The van der Waals surface area contributed by atoms with Crippen molar-refractivity contribution in [1.29, 1.82) is 0 Å². The van der Waals surface area contributed by atoms with Crippen LogP contribution in [0.1, 0.15) is 42.0 Å². The first-order valence-corrected chi connectivity index (χ1v) is 15.3. The van der Waals surface area contributed by atoms with Gasteiger partial charge in [0.05, 0.1) is 25.4 Å². The molecule has 0 unspecified atom stereocenters. The summed E-state index contributed by atoms with van der Waals surface area (Å²) in [6.07, 6.45) is -2.54. The molecule has 9 heteroatoms. The third-order valence-electron chi connectivity index (χ3n) is 8.11. The molecular formula is C37H38N2O7. The summed E-state index contributed by atoms with van der Waals surface area (Å²) in [7, 11) is 0. The van der Waals surface area contributed by atoms with Gasteiger partial charge in [-0.2, -0.15) is 0 Å². The highest BCUT2D eigenvalue weighted by Crippen LogP contribution is 2.44. The number of alkyl carbamates (subject to hydrolysis) is 1. The number of rotatable bonds is 14. The Hall–Kier alpha value is -4.99. The Bertz CT molecular complexity index is 1580. The molecule has 0 spiro atoms. The van der Waals surface area contributed by atoms with E-state index in [0.29, 0.717) is 0 Å². The van der Waals surface area contributed by atoms with Crippen LogP contribution < -0.4 is 10.6 Å². The lowest BCUT2D eigenvalue weighted by Crippen LogP contribution is -2.58. The van der Waals surface area contributed by atoms with Gasteiger partial charge in [0.2, 0.25) is 5.91 Å². The second kappa shape index (κ2) is 15.3. The molecule has 0 saturated carbocycles. The van der Waals surface area contributed by atoms with Crippen LogP contribution in [0.4, 0.5) is 4.79 Å². The number of nitrogens with one attached hydrogen (secondary N) is 2. The molecule has 4 atom stereocenters. The van der Waals surface area contributed by atoms with Gasteiger partial charge in [-0.25, -0.2) is 9.59 Å². The second-order valence-electron chi connectivity index (χ2n) is 11.3. The summed E-state index contributed by atoms with van der Waals surface area (Å²) in [6, 6.07) is 32.0. The van der Waals surface area contributed by atoms with E-state index in [-0.39, 0.29) is 25.7 Å². The number of carboxylic acids is 1. The van der Waals surface area contributed by atoms with Gasteiger partial charge in [-0.1, -0.05) is 109 Å². The summed E-state index contributed by atoms with van der Waals surface area (Å²) in [4.78, 5) is 39.1. The van der Waals surface area contributed by atoms with Crippen molar-refractivity contribution >= 4 is 18.0 Å². The molecule has 3 N–H and O–H groups in total. The summed E-state index contributed by atoms with van der Waals surface area (Å²) < 4.78 is 17.5. The van der Waals surface area contributed by atoms with Crippen molar-refractivity contribution in [2.45, 2.75) is 57.3 Å². The average molecular weight is 623 g/mol. The lowest BCUT2D eigenvalue weighted by Gasteiger charge is -2.28. The van der Waals surface area contributed by atoms with Gasteiger partial charge < -0.3 is 30.0 Å². The summed E-state index contributed by atoms with van der Waals surface area (Å²) in [5.74, 6) is -2.18. The van der Waals surface area contributed by atoms with E-state index in [1.807, 2.05) is 109 Å². The average Bonchev–Trinajstić information content (AvgIpc) is 3.40. The highest BCUT2D eigenvalue weighted by atomic mass is 16.5. The molecule has 0 saturated heterocycles. The molecule has 0 bridgehead atoms. The van der Waals surface area contributed by atoms with Crippen LogP contribution in [0.5, 0.6) is 0 Å². The van der Waals surface area contributed by atoms with Crippen LogP contribution in [-0.2, 0) is 37.0 Å². The largest absolute Gasteiger partial charge is 0.480 e. The van der Waals surface area contributed by atoms with Gasteiger partial charge in [0.1, 0.15) is 12.6 Å². The maximum atomic E-state index is 13.6. The lowest BCUT2D eigenvalue weighted by molar-refractivity contribution is -0.147. The van der Waals surface area contributed by atoms with Crippen LogP contribution in [0, 0.1) is 0 Å². The number of aliphatic carboxylic acids is 1. The zero-order chi connectivity index (χ0) is 32.5. The molecule has 4 aromatic rings. The van der Waals surface area contributed by atoms with Gasteiger partial charge >= 0.3 is 12.1 Å². The number of fused-ring (bicyclic) bond motifs is 3. The molecule has 0 radical (unpaired) electrons. The minimum absolute atomic E-state index is 0.0512. The number of hydrogen-bond donors (Lipinski definition) is 3. The van der Waals surface area contributed by atoms with Gasteiger partial charge in [-0.3, -0.25) is 4.79 Å². The predicted octanol–water partition coefficient (Wildman–Crippen LogP) is 5.67. The van der Waals surface area contributed by atoms with E-state index in [4.69, 9.17) is 14.2 Å². The fourth-order valence-electron chi connectivity index (χ4n) is 5.58. The number of carbonyl (C=O) groups is 3. The predicted molar refractivity (Wildman–Crippen MR) is 173 cm³/mol. The van der Waals surface area contributed by atoms with Gasteiger partial charge in [0.25, 0.3) is 0 Å². The molecule has 0 aliphatic heterocycles. The first kappa shape index (κ1) is 32.4. The second-order valence-corrected chi connectivity index (χ2v) is 11.3. The SMILES string of the molecule is C[C@H](OCc1ccccc1)[C@@H](NC(=O)[C@H](NC(=O)OCC1c2ccccc2-c2ccccc21)[C@H](C)OCc1ccccc1)C(=O)O. The van der Waals surface area contributed by atoms with Crippen molar-refractivity contribution < 1.29 is 33.7 Å². The van der Waals surface area contributed by atoms with Gasteiger partial charge in [-0.15, -0.1) is 0 Å². The molecule has 46 heavy (non-hydrogen) atoms. The normalized spacial score (nSPS) is 14.7. The summed E-state index contributed by atoms with van der Waals surface area (Å²) in [5, 5.41) is 15.2. The molecule has 238 valence electrons. The number of carboxylic acid groups (broad SMARTS) is 1. The Balaban J connectivity index is 1.27. The minimum atomic E-state index is -1.38. The first-order valence-electron chi connectivity index (χ1n) is 15.3. The lowest BCUT2D eigenvalue weighted by atomic mass is 9.98. The smallest absolute Gasteiger partial charge is 0.407 e. The Morgan fingerprint density at radius 3 is 1.61 bits per heavy atom. The van der Waals surface area contributed by atoms with Crippen LogP contribution in [0.25, 0.3) is 11.1 Å². The maximum absolute atomic E-state index is 13.6. The summed E-state index contributed by atoms with van der Waals surface area (Å²) in [5.41, 5.74) is 6.04. The molecule has 5 rings (SSSR count). The monoisotopic (exact) mass is 622 g/mol. The highest BCUT2D eigenvalue weighted by Gasteiger charge is 2.35. The molecule has 9 nitrogen and oxygen atoms in total. The van der Waals surface area contributed by atoms with Gasteiger partial charge in [0.15, 0.2) is 6.04 Å². The van der Waals surface area contributed by atoms with E-state index in [9.17, 15) is 19.5 Å². The Kier molecular flexibility index (Phi) is 10.8.